The Labute approximate surface area is 218 Å². The van der Waals surface area contributed by atoms with Gasteiger partial charge in [-0.1, -0.05) is 40.0 Å². The third-order valence-electron chi connectivity index (χ3n) is 3.78. The summed E-state index contributed by atoms with van der Waals surface area (Å²) in [6, 6.07) is 9.14. The molecule has 1 aliphatic heterocycles. The molecule has 7 nitrogen and oxygen atoms in total. The molecule has 2 aromatic carbocycles. The fraction of sp³-hybridized carbons (Fsp3) is 0.125. The molecule has 0 spiro atoms. The average Bonchev–Trinajstić information content (AvgIpc) is 2.58. The summed E-state index contributed by atoms with van der Waals surface area (Å²) in [5.41, 5.74) is 1.24. The Morgan fingerprint density at radius 2 is 1.75 bits per heavy atom. The van der Waals surface area contributed by atoms with Crippen LogP contribution < -0.4 is 56.3 Å². The van der Waals surface area contributed by atoms with Crippen LogP contribution in [0.25, 0.3) is 0 Å². The van der Waals surface area contributed by atoms with Crippen LogP contribution in [0, 0.1) is 0 Å². The zero-order valence-corrected chi connectivity index (χ0v) is 20.6. The van der Waals surface area contributed by atoms with Gasteiger partial charge in [0.25, 0.3) is 16.3 Å². The van der Waals surface area contributed by atoms with E-state index in [4.69, 9.17) is 34.8 Å². The van der Waals surface area contributed by atoms with Gasteiger partial charge in [0, 0.05) is 28.6 Å². The van der Waals surface area contributed by atoms with Gasteiger partial charge in [-0.3, -0.25) is 9.08 Å². The molecule has 3 rings (SSSR count). The van der Waals surface area contributed by atoms with E-state index in [1.807, 2.05) is 0 Å². The zero-order valence-electron chi connectivity index (χ0n) is 14.4. The molecule has 12 heteroatoms. The summed E-state index contributed by atoms with van der Waals surface area (Å²) in [4.78, 5) is 14.4. The van der Waals surface area contributed by atoms with Crippen LogP contribution in [0.1, 0.15) is 22.3 Å². The summed E-state index contributed by atoms with van der Waals surface area (Å²) < 4.78 is 36.0. The van der Waals surface area contributed by atoms with Gasteiger partial charge in [-0.2, -0.15) is 8.42 Å². The molecule has 1 amide bonds. The Balaban J connectivity index is 0.00000280. The Hall–Kier alpha value is -0.204. The van der Waals surface area contributed by atoms with E-state index in [9.17, 15) is 17.8 Å². The fourth-order valence-electron chi connectivity index (χ4n) is 2.65. The van der Waals surface area contributed by atoms with Crippen molar-refractivity contribution in [3.8, 4) is 0 Å². The quantitative estimate of drug-likeness (QED) is 0.277. The largest absolute Gasteiger partial charge is 1.00 e. The van der Waals surface area contributed by atoms with E-state index in [-0.39, 0.29) is 80.6 Å². The minimum absolute atomic E-state index is 0. The van der Waals surface area contributed by atoms with Crippen LogP contribution in [0.5, 0.6) is 0 Å². The van der Waals surface area contributed by atoms with Crippen molar-refractivity contribution in [1.29, 1.82) is 0 Å². The Bertz CT molecular complexity index is 1060. The number of rotatable bonds is 3. The molecular formula is C16H10Cl3KN2O5S. The van der Waals surface area contributed by atoms with E-state index >= 15 is 0 Å². The van der Waals surface area contributed by atoms with Crippen molar-refractivity contribution < 1.29 is 73.4 Å². The van der Waals surface area contributed by atoms with Crippen molar-refractivity contribution in [2.45, 2.75) is 6.42 Å². The number of halogens is 3. The van der Waals surface area contributed by atoms with Crippen molar-refractivity contribution in [2.75, 3.05) is 11.4 Å². The molecule has 1 aliphatic rings. The maximum absolute atomic E-state index is 13.0. The first-order chi connectivity index (χ1) is 12.7. The summed E-state index contributed by atoms with van der Waals surface area (Å²) in [6.07, 6.45) is 0.154. The fourth-order valence-corrected chi connectivity index (χ4v) is 3.49. The number of carbonyl (C=O) groups is 1. The van der Waals surface area contributed by atoms with Gasteiger partial charge in [-0.05, 0) is 36.4 Å². The van der Waals surface area contributed by atoms with Gasteiger partial charge in [0.2, 0.25) is 0 Å². The molecule has 2 aromatic rings. The van der Waals surface area contributed by atoms with Gasteiger partial charge >= 0.3 is 51.4 Å². The molecule has 0 unspecified atom stereocenters. The molecule has 1 heterocycles. The number of amides is 1. The van der Waals surface area contributed by atoms with E-state index in [1.165, 1.54) is 23.1 Å². The zero-order chi connectivity index (χ0) is 19.8. The van der Waals surface area contributed by atoms with Crippen LogP contribution in [0.2, 0.25) is 15.1 Å². The molecule has 0 aromatic heterocycles. The molecule has 0 saturated heterocycles. The Morgan fingerprint density at radius 3 is 2.39 bits per heavy atom. The molecule has 0 N–H and O–H groups in total. The third-order valence-corrected chi connectivity index (χ3v) is 4.82. The van der Waals surface area contributed by atoms with Gasteiger partial charge < -0.3 is 9.45 Å². The van der Waals surface area contributed by atoms with Crippen molar-refractivity contribution in [1.82, 2.24) is 0 Å². The standard InChI is InChI=1S/C16H11Cl3N2O5S.K/c17-9-1-3-11(13(19)7-9)16(22)21-6-5-14(20-26-27(23,24)25)12-4-2-10(18)8-15(12)21;/h1-4,7-8H,5-6H2,(H,23,24,25);/q;+1/p-1/b20-14+;. The van der Waals surface area contributed by atoms with E-state index in [0.717, 1.165) is 0 Å². The molecular weight excluding hydrogens is 478 g/mol. The molecule has 0 fully saturated rings. The summed E-state index contributed by atoms with van der Waals surface area (Å²) in [5.74, 6) is -0.392. The summed E-state index contributed by atoms with van der Waals surface area (Å²) in [7, 11) is -4.99. The van der Waals surface area contributed by atoms with Gasteiger partial charge in [-0.15, -0.1) is 0 Å². The smallest absolute Gasteiger partial charge is 0.714 e. The summed E-state index contributed by atoms with van der Waals surface area (Å²) in [6.45, 7) is 0.145. The minimum atomic E-state index is -4.99. The van der Waals surface area contributed by atoms with E-state index in [1.54, 1.807) is 18.2 Å². The molecule has 0 aliphatic carbocycles. The van der Waals surface area contributed by atoms with Crippen LogP contribution in [-0.4, -0.2) is 31.1 Å². The molecule has 0 atom stereocenters. The topological polar surface area (TPSA) is 99.1 Å². The second-order valence-electron chi connectivity index (χ2n) is 5.51. The van der Waals surface area contributed by atoms with Crippen molar-refractivity contribution >= 4 is 62.5 Å². The SMILES string of the molecule is O=C(c1ccc(Cl)cc1Cl)N1CC/C(=N\OS(=O)(=O)[O-])c2ccc(Cl)cc21.[K+]. The normalized spacial score (nSPS) is 15.0. The van der Waals surface area contributed by atoms with E-state index in [0.29, 0.717) is 21.3 Å². The molecule has 142 valence electrons. The summed E-state index contributed by atoms with van der Waals surface area (Å²) >= 11 is 18.0. The van der Waals surface area contributed by atoms with Crippen molar-refractivity contribution in [3.05, 3.63) is 62.6 Å². The number of hydrogen-bond acceptors (Lipinski definition) is 6. The first-order valence-corrected chi connectivity index (χ1v) is 9.90. The molecule has 0 saturated carbocycles. The monoisotopic (exact) mass is 486 g/mol. The van der Waals surface area contributed by atoms with E-state index in [2.05, 4.69) is 9.44 Å². The number of hydrogen-bond donors (Lipinski definition) is 0. The van der Waals surface area contributed by atoms with Crippen LogP contribution in [0.3, 0.4) is 0 Å². The number of nitrogens with zero attached hydrogens (tertiary/aromatic N) is 2. The predicted octanol–water partition coefficient (Wildman–Crippen LogP) is 0.882. The number of benzene rings is 2. The average molecular weight is 488 g/mol. The van der Waals surface area contributed by atoms with Gasteiger partial charge in [0.15, 0.2) is 0 Å². The minimum Gasteiger partial charge on any atom is -0.714 e. The molecule has 0 radical (unpaired) electrons. The van der Waals surface area contributed by atoms with Gasteiger partial charge in [0.05, 0.1) is 22.0 Å². The van der Waals surface area contributed by atoms with Gasteiger partial charge in [-0.25, -0.2) is 0 Å². The molecule has 0 bridgehead atoms. The van der Waals surface area contributed by atoms with E-state index < -0.39 is 16.3 Å². The third kappa shape index (κ3) is 5.69. The first kappa shape index (κ1) is 24.1. The van der Waals surface area contributed by atoms with Gasteiger partial charge in [0.1, 0.15) is 0 Å². The number of fused-ring (bicyclic) bond motifs is 1. The van der Waals surface area contributed by atoms with Crippen LogP contribution in [-0.2, 0) is 14.7 Å². The van der Waals surface area contributed by atoms with Crippen LogP contribution in [0.4, 0.5) is 5.69 Å². The molecule has 28 heavy (non-hydrogen) atoms. The maximum Gasteiger partial charge on any atom is 1.00 e. The second-order valence-corrected chi connectivity index (χ2v) is 7.76. The van der Waals surface area contributed by atoms with Crippen LogP contribution >= 0.6 is 34.8 Å². The number of oxime groups is 1. The van der Waals surface area contributed by atoms with Crippen LogP contribution in [0.15, 0.2) is 41.6 Å². The van der Waals surface area contributed by atoms with Crippen molar-refractivity contribution in [2.24, 2.45) is 5.16 Å². The second kappa shape index (κ2) is 9.74. The Kier molecular flexibility index (Phi) is 8.37. The maximum atomic E-state index is 13.0. The Morgan fingerprint density at radius 1 is 1.11 bits per heavy atom. The number of carbonyl (C=O) groups excluding carboxylic acids is 1. The van der Waals surface area contributed by atoms with Crippen molar-refractivity contribution in [3.63, 3.8) is 0 Å². The summed E-state index contributed by atoms with van der Waals surface area (Å²) in [5, 5.41) is 4.35. The first-order valence-electron chi connectivity index (χ1n) is 7.44. The predicted molar refractivity (Wildman–Crippen MR) is 102 cm³/mol. The number of anilines is 1.